The summed E-state index contributed by atoms with van der Waals surface area (Å²) in [6.45, 7) is 1.47. The minimum atomic E-state index is -1.68. The lowest BCUT2D eigenvalue weighted by Crippen LogP contribution is -2.46. The van der Waals surface area contributed by atoms with Crippen LogP contribution in [0.2, 0.25) is 0 Å². The van der Waals surface area contributed by atoms with E-state index in [1.54, 1.807) is 26.1 Å². The van der Waals surface area contributed by atoms with E-state index in [1.807, 2.05) is 0 Å². The van der Waals surface area contributed by atoms with Crippen LogP contribution in [-0.4, -0.2) is 48.3 Å². The fourth-order valence-corrected chi connectivity index (χ4v) is 2.67. The third-order valence-electron chi connectivity index (χ3n) is 4.41. The molecule has 1 atom stereocenters. The zero-order valence-corrected chi connectivity index (χ0v) is 16.2. The number of halogens is 4. The second-order valence-corrected chi connectivity index (χ2v) is 6.69. The Morgan fingerprint density at radius 2 is 1.72 bits per heavy atom. The lowest BCUT2D eigenvalue weighted by molar-refractivity contribution is -0.135. The molecule has 0 saturated heterocycles. The molecule has 29 heavy (non-hydrogen) atoms. The molecule has 156 valence electrons. The number of carbonyl (C=O) groups excluding carboxylic acids is 2. The summed E-state index contributed by atoms with van der Waals surface area (Å²) < 4.78 is 53.1. The summed E-state index contributed by atoms with van der Waals surface area (Å²) in [5, 5.41) is 2.15. The van der Waals surface area contributed by atoms with Crippen LogP contribution in [0.1, 0.15) is 12.5 Å². The van der Waals surface area contributed by atoms with Crippen molar-refractivity contribution in [2.45, 2.75) is 19.5 Å². The zero-order valence-electron chi connectivity index (χ0n) is 16.2. The van der Waals surface area contributed by atoms with Gasteiger partial charge in [-0.3, -0.25) is 14.5 Å². The molecule has 9 heteroatoms. The molecule has 2 amide bonds. The van der Waals surface area contributed by atoms with E-state index in [0.29, 0.717) is 11.6 Å². The normalized spacial score (nSPS) is 12.0. The number of hydrogen-bond acceptors (Lipinski definition) is 3. The first-order chi connectivity index (χ1) is 13.6. The predicted octanol–water partition coefficient (Wildman–Crippen LogP) is 3.16. The van der Waals surface area contributed by atoms with Gasteiger partial charge in [-0.1, -0.05) is 12.1 Å². The Balaban J connectivity index is 1.95. The molecular formula is C20H21F4N3O2. The maximum Gasteiger partial charge on any atom is 0.239 e. The summed E-state index contributed by atoms with van der Waals surface area (Å²) >= 11 is 0. The van der Waals surface area contributed by atoms with Gasteiger partial charge in [0.2, 0.25) is 11.8 Å². The highest BCUT2D eigenvalue weighted by molar-refractivity contribution is 5.93. The molecule has 2 aromatic rings. The summed E-state index contributed by atoms with van der Waals surface area (Å²) in [6.07, 6.45) is 0. The van der Waals surface area contributed by atoms with E-state index >= 15 is 0 Å². The Kier molecular flexibility index (Phi) is 7.33. The molecule has 0 bridgehead atoms. The Bertz CT molecular complexity index is 907. The molecule has 2 aromatic carbocycles. The molecule has 0 aliphatic rings. The highest BCUT2D eigenvalue weighted by Gasteiger charge is 2.24. The van der Waals surface area contributed by atoms with Gasteiger partial charge in [0, 0.05) is 13.6 Å². The molecule has 0 aromatic heterocycles. The standard InChI is InChI=1S/C20H21F4N3O2/c1-12(20(29)27(3)10-13-5-4-6-14(21)9-13)26(2)11-17(28)25-16-8-7-15(22)18(23)19(16)24/h4-9,12H,10-11H2,1-3H3,(H,25,28)/t12-/m0/s1. The van der Waals surface area contributed by atoms with Crippen molar-refractivity contribution in [2.24, 2.45) is 0 Å². The topological polar surface area (TPSA) is 52.7 Å². The summed E-state index contributed by atoms with van der Waals surface area (Å²) in [6, 6.07) is 6.75. The van der Waals surface area contributed by atoms with Crippen molar-refractivity contribution in [1.82, 2.24) is 9.80 Å². The van der Waals surface area contributed by atoms with E-state index in [4.69, 9.17) is 0 Å². The van der Waals surface area contributed by atoms with Crippen LogP contribution in [0.5, 0.6) is 0 Å². The highest BCUT2D eigenvalue weighted by Crippen LogP contribution is 2.19. The van der Waals surface area contributed by atoms with Gasteiger partial charge in [0.15, 0.2) is 17.5 Å². The molecule has 5 nitrogen and oxygen atoms in total. The fraction of sp³-hybridized carbons (Fsp3) is 0.300. The molecule has 0 unspecified atom stereocenters. The number of carbonyl (C=O) groups is 2. The van der Waals surface area contributed by atoms with Gasteiger partial charge in [0.25, 0.3) is 0 Å². The average molecular weight is 411 g/mol. The van der Waals surface area contributed by atoms with Gasteiger partial charge in [-0.15, -0.1) is 0 Å². The highest BCUT2D eigenvalue weighted by atomic mass is 19.2. The third kappa shape index (κ3) is 5.77. The van der Waals surface area contributed by atoms with Gasteiger partial charge < -0.3 is 10.2 Å². The van der Waals surface area contributed by atoms with Crippen LogP contribution in [-0.2, 0) is 16.1 Å². The number of nitrogens with zero attached hydrogens (tertiary/aromatic N) is 2. The summed E-state index contributed by atoms with van der Waals surface area (Å²) in [4.78, 5) is 27.5. The number of hydrogen-bond donors (Lipinski definition) is 1. The first-order valence-electron chi connectivity index (χ1n) is 8.73. The molecule has 0 heterocycles. The van der Waals surface area contributed by atoms with Crippen molar-refractivity contribution in [2.75, 3.05) is 26.0 Å². The van der Waals surface area contributed by atoms with Gasteiger partial charge in [0.05, 0.1) is 18.3 Å². The van der Waals surface area contributed by atoms with Crippen molar-refractivity contribution in [3.8, 4) is 0 Å². The maximum atomic E-state index is 13.7. The van der Waals surface area contributed by atoms with Gasteiger partial charge in [-0.2, -0.15) is 0 Å². The van der Waals surface area contributed by atoms with E-state index in [2.05, 4.69) is 5.32 Å². The smallest absolute Gasteiger partial charge is 0.239 e. The van der Waals surface area contributed by atoms with Crippen LogP contribution in [0.3, 0.4) is 0 Å². The average Bonchev–Trinajstić information content (AvgIpc) is 2.67. The molecule has 0 spiro atoms. The van der Waals surface area contributed by atoms with Crippen LogP contribution >= 0.6 is 0 Å². The largest absolute Gasteiger partial charge is 0.340 e. The lowest BCUT2D eigenvalue weighted by Gasteiger charge is -2.28. The molecule has 0 aliphatic heterocycles. The Labute approximate surface area is 165 Å². The van der Waals surface area contributed by atoms with Crippen LogP contribution in [0.15, 0.2) is 36.4 Å². The van der Waals surface area contributed by atoms with Crippen molar-refractivity contribution >= 4 is 17.5 Å². The first kappa shape index (κ1) is 22.4. The number of anilines is 1. The van der Waals surface area contributed by atoms with Crippen molar-refractivity contribution in [1.29, 1.82) is 0 Å². The van der Waals surface area contributed by atoms with Gasteiger partial charge in [-0.25, -0.2) is 17.6 Å². The maximum absolute atomic E-state index is 13.7. The van der Waals surface area contributed by atoms with Crippen LogP contribution in [0.25, 0.3) is 0 Å². The van der Waals surface area contributed by atoms with E-state index in [0.717, 1.165) is 6.07 Å². The Morgan fingerprint density at radius 3 is 2.38 bits per heavy atom. The fourth-order valence-electron chi connectivity index (χ4n) is 2.67. The second-order valence-electron chi connectivity index (χ2n) is 6.69. The molecular weight excluding hydrogens is 390 g/mol. The molecule has 2 rings (SSSR count). The lowest BCUT2D eigenvalue weighted by atomic mass is 10.2. The zero-order chi connectivity index (χ0) is 21.7. The van der Waals surface area contributed by atoms with Gasteiger partial charge in [-0.05, 0) is 43.8 Å². The SMILES string of the molecule is C[C@@H](C(=O)N(C)Cc1cccc(F)c1)N(C)CC(=O)Nc1ccc(F)c(F)c1F. The van der Waals surface area contributed by atoms with E-state index in [1.165, 1.54) is 29.0 Å². The summed E-state index contributed by atoms with van der Waals surface area (Å²) in [5.41, 5.74) is 0.117. The van der Waals surface area contributed by atoms with Crippen LogP contribution in [0, 0.1) is 23.3 Å². The van der Waals surface area contributed by atoms with Crippen molar-refractivity contribution in [3.05, 3.63) is 65.2 Å². The van der Waals surface area contributed by atoms with Crippen LogP contribution < -0.4 is 5.32 Å². The molecule has 0 aliphatic carbocycles. The van der Waals surface area contributed by atoms with Gasteiger partial charge in [0.1, 0.15) is 5.82 Å². The Morgan fingerprint density at radius 1 is 1.03 bits per heavy atom. The molecule has 1 N–H and O–H groups in total. The first-order valence-corrected chi connectivity index (χ1v) is 8.73. The predicted molar refractivity (Wildman–Crippen MR) is 99.9 cm³/mol. The van der Waals surface area contributed by atoms with Crippen molar-refractivity contribution in [3.63, 3.8) is 0 Å². The summed E-state index contributed by atoms with van der Waals surface area (Å²) in [7, 11) is 3.06. The molecule has 0 fully saturated rings. The Hall–Kier alpha value is -2.94. The summed E-state index contributed by atoms with van der Waals surface area (Å²) in [5.74, 6) is -5.97. The monoisotopic (exact) mass is 411 g/mol. The van der Waals surface area contributed by atoms with Crippen molar-refractivity contribution < 1.29 is 27.2 Å². The number of benzene rings is 2. The van der Waals surface area contributed by atoms with E-state index in [-0.39, 0.29) is 19.0 Å². The number of amides is 2. The quantitative estimate of drug-likeness (QED) is 0.563. The molecule has 0 saturated carbocycles. The van der Waals surface area contributed by atoms with Gasteiger partial charge >= 0.3 is 0 Å². The second kappa shape index (κ2) is 9.51. The minimum Gasteiger partial charge on any atom is -0.340 e. The number of rotatable bonds is 7. The number of likely N-dealkylation sites (N-methyl/N-ethyl adjacent to an activating group) is 2. The third-order valence-corrected chi connectivity index (χ3v) is 4.41. The minimum absolute atomic E-state index is 0.182. The number of nitrogens with one attached hydrogen (secondary N) is 1. The van der Waals surface area contributed by atoms with E-state index in [9.17, 15) is 27.2 Å². The van der Waals surface area contributed by atoms with E-state index < -0.39 is 40.9 Å². The van der Waals surface area contributed by atoms with Crippen LogP contribution in [0.4, 0.5) is 23.2 Å². The molecule has 0 radical (unpaired) electrons.